The van der Waals surface area contributed by atoms with Gasteiger partial charge in [-0.1, -0.05) is 11.6 Å². The summed E-state index contributed by atoms with van der Waals surface area (Å²) in [6, 6.07) is 2.58. The van der Waals surface area contributed by atoms with Crippen LogP contribution in [0.5, 0.6) is 0 Å². The molecule has 5 aromatic rings. The van der Waals surface area contributed by atoms with Crippen LogP contribution in [-0.4, -0.2) is 51.1 Å². The van der Waals surface area contributed by atoms with Gasteiger partial charge < -0.3 is 10.6 Å². The number of carbonyl (C=O) groups excluding carboxylic acids is 1. The first kappa shape index (κ1) is 29.1. The van der Waals surface area contributed by atoms with Crippen molar-refractivity contribution in [3.63, 3.8) is 0 Å². The monoisotopic (exact) mass is 628 g/mol. The average molecular weight is 629 g/mol. The molecule has 17 heteroatoms. The standard InChI is InChI=1S/C27H24ClF3N10O3/c1-38-11-16-15-4-5-32-23(42)3-2-6-41-22(33-13-34-41)12-40-26(43)36-25(35-24(15)17(28)8-21(16)37-38)39(27(40)44)10-14-7-19(30)20(31)9-18(14)29/h7-9,11,13H,2-6,10,12H2,1H3,(H,32,42)(H,35,36,43). The number of carbonyl (C=O) groups is 1. The quantitative estimate of drug-likeness (QED) is 0.283. The molecule has 2 bridgehead atoms. The molecule has 2 N–H and O–H groups in total. The number of nitrogens with one attached hydrogen (secondary N) is 2. The van der Waals surface area contributed by atoms with Crippen LogP contribution in [0, 0.1) is 17.5 Å². The number of hydrogen-bond acceptors (Lipinski definition) is 8. The number of nitrogens with zero attached hydrogens (tertiary/aromatic N) is 8. The predicted octanol–water partition coefficient (Wildman–Crippen LogP) is 2.25. The van der Waals surface area contributed by atoms with Crippen LogP contribution in [0.2, 0.25) is 5.02 Å². The van der Waals surface area contributed by atoms with E-state index in [4.69, 9.17) is 11.6 Å². The Kier molecular flexibility index (Phi) is 7.67. The summed E-state index contributed by atoms with van der Waals surface area (Å²) in [5.74, 6) is -4.11. The molecule has 44 heavy (non-hydrogen) atoms. The molecule has 13 nitrogen and oxygen atoms in total. The number of rotatable bonds is 2. The number of halogens is 4. The lowest BCUT2D eigenvalue weighted by Gasteiger charge is -2.19. The van der Waals surface area contributed by atoms with E-state index in [1.54, 1.807) is 24.0 Å². The van der Waals surface area contributed by atoms with Gasteiger partial charge in [-0.3, -0.25) is 14.0 Å². The summed E-state index contributed by atoms with van der Waals surface area (Å²) in [5.41, 5.74) is -0.857. The Morgan fingerprint density at radius 3 is 2.66 bits per heavy atom. The van der Waals surface area contributed by atoms with E-state index >= 15 is 0 Å². The van der Waals surface area contributed by atoms with Gasteiger partial charge in [-0.25, -0.2) is 37.0 Å². The molecule has 0 radical (unpaired) electrons. The van der Waals surface area contributed by atoms with Crippen molar-refractivity contribution in [1.29, 1.82) is 0 Å². The molecule has 0 fully saturated rings. The van der Waals surface area contributed by atoms with E-state index in [9.17, 15) is 27.6 Å². The van der Waals surface area contributed by atoms with Crippen LogP contribution >= 0.6 is 11.6 Å². The van der Waals surface area contributed by atoms with Gasteiger partial charge in [0, 0.05) is 49.8 Å². The zero-order valence-corrected chi connectivity index (χ0v) is 23.9. The number of aromatic nitrogens is 8. The fourth-order valence-corrected chi connectivity index (χ4v) is 5.39. The molecule has 0 spiro atoms. The summed E-state index contributed by atoms with van der Waals surface area (Å²) in [5, 5.41) is 15.2. The van der Waals surface area contributed by atoms with Crippen LogP contribution in [-0.2, 0) is 37.9 Å². The van der Waals surface area contributed by atoms with Gasteiger partial charge in [0.1, 0.15) is 18.0 Å². The Hall–Kier alpha value is -4.99. The smallest absolute Gasteiger partial charge is 0.355 e. The maximum absolute atomic E-state index is 14.8. The first-order valence-corrected chi connectivity index (χ1v) is 13.9. The predicted molar refractivity (Wildman–Crippen MR) is 152 cm³/mol. The van der Waals surface area contributed by atoms with Crippen LogP contribution in [0.25, 0.3) is 10.9 Å². The highest BCUT2D eigenvalue weighted by atomic mass is 35.5. The minimum Gasteiger partial charge on any atom is -0.356 e. The van der Waals surface area contributed by atoms with Gasteiger partial charge in [0.25, 0.3) is 0 Å². The molecule has 0 saturated carbocycles. The average Bonchev–Trinajstić information content (AvgIpc) is 3.57. The molecular formula is C27H24ClF3N10O3. The summed E-state index contributed by atoms with van der Waals surface area (Å²) < 4.78 is 47.4. The minimum atomic E-state index is -1.40. The third kappa shape index (κ3) is 5.55. The fraction of sp³-hybridized carbons (Fsp3) is 0.296. The molecule has 2 aliphatic heterocycles. The molecule has 5 heterocycles. The molecule has 0 saturated heterocycles. The molecule has 0 unspecified atom stereocenters. The van der Waals surface area contributed by atoms with E-state index in [1.807, 2.05) is 0 Å². The lowest BCUT2D eigenvalue weighted by atomic mass is 10.0. The molecule has 2 aliphatic rings. The number of fused-ring (bicyclic) bond motifs is 9. The van der Waals surface area contributed by atoms with Crippen molar-refractivity contribution < 1.29 is 18.0 Å². The maximum Gasteiger partial charge on any atom is 0.355 e. The zero-order chi connectivity index (χ0) is 31.1. The third-order valence-electron chi connectivity index (χ3n) is 7.26. The van der Waals surface area contributed by atoms with Gasteiger partial charge in [-0.2, -0.15) is 15.2 Å². The lowest BCUT2D eigenvalue weighted by Crippen LogP contribution is -2.43. The first-order valence-electron chi connectivity index (χ1n) is 13.5. The van der Waals surface area contributed by atoms with E-state index in [0.717, 1.165) is 9.13 Å². The van der Waals surface area contributed by atoms with Crippen molar-refractivity contribution in [2.45, 2.75) is 38.9 Å². The van der Waals surface area contributed by atoms with Crippen molar-refractivity contribution >= 4 is 40.0 Å². The maximum atomic E-state index is 14.8. The van der Waals surface area contributed by atoms with Crippen LogP contribution in [0.3, 0.4) is 0 Å². The SMILES string of the molecule is Cn1cc2c3c(c(Cl)cc2n1)Nc1nc(=O)n(c(=O)n1Cc1cc(F)c(F)cc1F)Cc1ncnn1CCCC(=O)NCC3. The molecule has 3 aromatic heterocycles. The highest BCUT2D eigenvalue weighted by Crippen LogP contribution is 2.35. The second-order valence-electron chi connectivity index (χ2n) is 10.2. The zero-order valence-electron chi connectivity index (χ0n) is 23.2. The Balaban J connectivity index is 1.56. The first-order chi connectivity index (χ1) is 21.1. The van der Waals surface area contributed by atoms with Gasteiger partial charge in [0.15, 0.2) is 11.6 Å². The topological polar surface area (TPSA) is 147 Å². The summed E-state index contributed by atoms with van der Waals surface area (Å²) in [4.78, 5) is 48.0. The van der Waals surface area contributed by atoms with Crippen molar-refractivity contribution in [3.05, 3.63) is 91.1 Å². The van der Waals surface area contributed by atoms with Gasteiger partial charge in [-0.05, 0) is 30.5 Å². The van der Waals surface area contributed by atoms with Gasteiger partial charge in [0.05, 0.1) is 29.3 Å². The number of amides is 1. The van der Waals surface area contributed by atoms with Crippen LogP contribution in [0.1, 0.15) is 29.8 Å². The van der Waals surface area contributed by atoms with Gasteiger partial charge >= 0.3 is 11.4 Å². The second kappa shape index (κ2) is 11.6. The number of hydrogen-bond donors (Lipinski definition) is 2. The van der Waals surface area contributed by atoms with E-state index in [1.165, 1.54) is 11.0 Å². The molecule has 1 amide bonds. The van der Waals surface area contributed by atoms with Crippen molar-refractivity contribution in [2.24, 2.45) is 7.05 Å². The number of anilines is 2. The Morgan fingerprint density at radius 2 is 1.84 bits per heavy atom. The van der Waals surface area contributed by atoms with Gasteiger partial charge in [0.2, 0.25) is 11.9 Å². The van der Waals surface area contributed by atoms with Crippen LogP contribution in [0.15, 0.2) is 40.3 Å². The fourth-order valence-electron chi connectivity index (χ4n) is 5.12. The highest BCUT2D eigenvalue weighted by Gasteiger charge is 2.22. The molecule has 228 valence electrons. The van der Waals surface area contributed by atoms with Crippen LogP contribution in [0.4, 0.5) is 24.8 Å². The van der Waals surface area contributed by atoms with Crippen molar-refractivity contribution in [3.8, 4) is 0 Å². The normalized spacial score (nSPS) is 14.2. The van der Waals surface area contributed by atoms with Gasteiger partial charge in [-0.15, -0.1) is 0 Å². The summed E-state index contributed by atoms with van der Waals surface area (Å²) in [6.45, 7) is -0.491. The summed E-state index contributed by atoms with van der Waals surface area (Å²) >= 11 is 6.68. The highest BCUT2D eigenvalue weighted by molar-refractivity contribution is 6.34. The van der Waals surface area contributed by atoms with E-state index in [0.29, 0.717) is 35.0 Å². The number of benzene rings is 2. The second-order valence-corrected chi connectivity index (χ2v) is 10.6. The lowest BCUT2D eigenvalue weighted by molar-refractivity contribution is -0.121. The van der Waals surface area contributed by atoms with E-state index in [2.05, 4.69) is 30.8 Å². The molecule has 7 rings (SSSR count). The summed E-state index contributed by atoms with van der Waals surface area (Å²) in [6.07, 6.45) is 3.84. The molecule has 0 atom stereocenters. The van der Waals surface area contributed by atoms with E-state index in [-0.39, 0.29) is 66.4 Å². The number of aryl methyl sites for hydroxylation is 2. The third-order valence-corrected chi connectivity index (χ3v) is 7.56. The Morgan fingerprint density at radius 1 is 1.05 bits per heavy atom. The van der Waals surface area contributed by atoms with E-state index < -0.39 is 35.4 Å². The van der Waals surface area contributed by atoms with Crippen molar-refractivity contribution in [2.75, 3.05) is 11.9 Å². The largest absolute Gasteiger partial charge is 0.356 e. The minimum absolute atomic E-state index is 0.160. The Labute approximate surface area is 250 Å². The molecule has 2 aromatic carbocycles. The molecule has 0 aliphatic carbocycles. The van der Waals surface area contributed by atoms with Crippen molar-refractivity contribution in [1.82, 2.24) is 44.0 Å². The molecular weight excluding hydrogens is 605 g/mol. The summed E-state index contributed by atoms with van der Waals surface area (Å²) in [7, 11) is 1.73. The van der Waals surface area contributed by atoms with Crippen LogP contribution < -0.4 is 22.0 Å². The Bertz CT molecular complexity index is 2050.